The van der Waals surface area contributed by atoms with Gasteiger partial charge in [0.1, 0.15) is 0 Å². The molecule has 0 spiro atoms. The number of benzene rings is 1. The number of hydrogen-bond donors (Lipinski definition) is 0. The maximum atomic E-state index is 11.8. The normalized spacial score (nSPS) is 20.2. The monoisotopic (exact) mass is 279 g/mol. The third-order valence-electron chi connectivity index (χ3n) is 2.82. The van der Waals surface area contributed by atoms with Crippen molar-refractivity contribution in [1.82, 2.24) is 4.90 Å². The van der Waals surface area contributed by atoms with Gasteiger partial charge in [-0.3, -0.25) is 4.79 Å². The molecule has 0 fully saturated rings. The number of carbonyl (C=O) groups excluding carboxylic acids is 1. The third kappa shape index (κ3) is 2.35. The van der Waals surface area contributed by atoms with E-state index >= 15 is 0 Å². The summed E-state index contributed by atoms with van der Waals surface area (Å²) in [5.74, 6) is 0.200. The predicted molar refractivity (Wildman–Crippen MR) is 67.9 cm³/mol. The van der Waals surface area contributed by atoms with Gasteiger partial charge in [-0.15, -0.1) is 0 Å². The molecule has 1 aromatic rings. The highest BCUT2D eigenvalue weighted by molar-refractivity contribution is 9.10. The lowest BCUT2D eigenvalue weighted by Crippen LogP contribution is -2.38. The van der Waals surface area contributed by atoms with Crippen LogP contribution in [0.1, 0.15) is 18.9 Å². The lowest BCUT2D eigenvalue weighted by molar-refractivity contribution is -0.132. The van der Waals surface area contributed by atoms with Crippen molar-refractivity contribution in [2.75, 3.05) is 0 Å². The van der Waals surface area contributed by atoms with Crippen molar-refractivity contribution in [2.24, 2.45) is 0 Å². The number of carbonyl (C=O) groups is 1. The van der Waals surface area contributed by atoms with Crippen LogP contribution in [0.2, 0.25) is 0 Å². The molecule has 0 saturated heterocycles. The van der Waals surface area contributed by atoms with Crippen LogP contribution in [0.4, 0.5) is 0 Å². The Morgan fingerprint density at radius 1 is 1.44 bits per heavy atom. The van der Waals surface area contributed by atoms with Gasteiger partial charge in [0.05, 0.1) is 0 Å². The van der Waals surface area contributed by atoms with E-state index in [-0.39, 0.29) is 11.9 Å². The number of amides is 1. The van der Waals surface area contributed by atoms with Crippen molar-refractivity contribution in [2.45, 2.75) is 25.9 Å². The molecule has 1 aromatic carbocycles. The largest absolute Gasteiger partial charge is 0.332 e. The number of hydrogen-bond acceptors (Lipinski definition) is 1. The molecule has 1 aliphatic rings. The van der Waals surface area contributed by atoms with E-state index in [1.54, 1.807) is 0 Å². The van der Waals surface area contributed by atoms with E-state index in [0.29, 0.717) is 13.0 Å². The Hall–Kier alpha value is -1.09. The Morgan fingerprint density at radius 2 is 2.19 bits per heavy atom. The van der Waals surface area contributed by atoms with Crippen LogP contribution in [-0.2, 0) is 11.3 Å². The minimum Gasteiger partial charge on any atom is -0.332 e. The van der Waals surface area contributed by atoms with E-state index in [0.717, 1.165) is 10.0 Å². The lowest BCUT2D eigenvalue weighted by atomic mass is 10.1. The first-order chi connectivity index (χ1) is 7.68. The van der Waals surface area contributed by atoms with Gasteiger partial charge in [-0.2, -0.15) is 0 Å². The fraction of sp³-hybridized carbons (Fsp3) is 0.308. The van der Waals surface area contributed by atoms with Crippen molar-refractivity contribution in [3.05, 3.63) is 46.5 Å². The topological polar surface area (TPSA) is 20.3 Å². The average molecular weight is 280 g/mol. The summed E-state index contributed by atoms with van der Waals surface area (Å²) in [6.45, 7) is 2.72. The first kappa shape index (κ1) is 11.4. The smallest absolute Gasteiger partial charge is 0.227 e. The zero-order valence-electron chi connectivity index (χ0n) is 9.19. The molecule has 0 saturated carbocycles. The summed E-state index contributed by atoms with van der Waals surface area (Å²) in [5.41, 5.74) is 1.15. The van der Waals surface area contributed by atoms with Crippen molar-refractivity contribution >= 4 is 21.8 Å². The van der Waals surface area contributed by atoms with Crippen molar-refractivity contribution in [1.29, 1.82) is 0 Å². The Balaban J connectivity index is 2.18. The molecule has 1 amide bonds. The minimum atomic E-state index is 0.188. The van der Waals surface area contributed by atoms with Gasteiger partial charge in [0, 0.05) is 23.5 Å². The second-order valence-electron chi connectivity index (χ2n) is 3.99. The van der Waals surface area contributed by atoms with Crippen molar-refractivity contribution in [3.8, 4) is 0 Å². The summed E-state index contributed by atoms with van der Waals surface area (Å²) >= 11 is 3.51. The van der Waals surface area contributed by atoms with Gasteiger partial charge in [-0.1, -0.05) is 46.3 Å². The lowest BCUT2D eigenvalue weighted by Gasteiger charge is -2.30. The summed E-state index contributed by atoms with van der Waals surface area (Å²) in [6, 6.07) is 8.21. The molecule has 0 aromatic heterocycles. The molecule has 2 nitrogen and oxygen atoms in total. The van der Waals surface area contributed by atoms with E-state index in [2.05, 4.69) is 22.0 Å². The zero-order valence-corrected chi connectivity index (χ0v) is 10.8. The van der Waals surface area contributed by atoms with E-state index in [1.807, 2.05) is 42.2 Å². The van der Waals surface area contributed by atoms with Gasteiger partial charge in [0.25, 0.3) is 0 Å². The molecule has 2 rings (SSSR count). The molecular weight excluding hydrogens is 266 g/mol. The Morgan fingerprint density at radius 3 is 2.88 bits per heavy atom. The third-order valence-corrected chi connectivity index (χ3v) is 3.59. The van der Waals surface area contributed by atoms with E-state index < -0.39 is 0 Å². The fourth-order valence-corrected chi connectivity index (χ4v) is 2.27. The summed E-state index contributed by atoms with van der Waals surface area (Å²) in [7, 11) is 0. The number of halogens is 1. The van der Waals surface area contributed by atoms with Crippen molar-refractivity contribution < 1.29 is 4.79 Å². The summed E-state index contributed by atoms with van der Waals surface area (Å²) in [6.07, 6.45) is 4.55. The van der Waals surface area contributed by atoms with Crippen LogP contribution < -0.4 is 0 Å². The molecule has 0 aliphatic carbocycles. The second-order valence-corrected chi connectivity index (χ2v) is 4.84. The zero-order chi connectivity index (χ0) is 11.5. The van der Waals surface area contributed by atoms with Gasteiger partial charge in [-0.05, 0) is 18.6 Å². The SMILES string of the molecule is C[C@H]1C=CCC(=O)N1Cc1ccccc1Br. The van der Waals surface area contributed by atoms with Gasteiger partial charge in [0.2, 0.25) is 5.91 Å². The number of nitrogens with zero attached hydrogens (tertiary/aromatic N) is 1. The molecule has 0 unspecified atom stereocenters. The molecule has 3 heteroatoms. The van der Waals surface area contributed by atoms with Crippen molar-refractivity contribution in [3.63, 3.8) is 0 Å². The molecule has 0 N–H and O–H groups in total. The van der Waals surface area contributed by atoms with Crippen LogP contribution in [0.25, 0.3) is 0 Å². The molecular formula is C13H14BrNO. The van der Waals surface area contributed by atoms with Gasteiger partial charge in [-0.25, -0.2) is 0 Å². The van der Waals surface area contributed by atoms with Gasteiger partial charge in [0.15, 0.2) is 0 Å². The standard InChI is InChI=1S/C13H14BrNO/c1-10-5-4-8-13(16)15(10)9-11-6-2-3-7-12(11)14/h2-7,10H,8-9H2,1H3/t10-/m0/s1. The quantitative estimate of drug-likeness (QED) is 0.762. The fourth-order valence-electron chi connectivity index (χ4n) is 1.86. The maximum absolute atomic E-state index is 11.8. The van der Waals surface area contributed by atoms with Crippen LogP contribution in [0.5, 0.6) is 0 Å². The van der Waals surface area contributed by atoms with Gasteiger partial charge >= 0.3 is 0 Å². The first-order valence-corrected chi connectivity index (χ1v) is 6.17. The summed E-state index contributed by atoms with van der Waals surface area (Å²) in [4.78, 5) is 13.7. The van der Waals surface area contributed by atoms with Crippen LogP contribution in [-0.4, -0.2) is 16.8 Å². The second kappa shape index (κ2) is 4.83. The molecule has 16 heavy (non-hydrogen) atoms. The van der Waals surface area contributed by atoms with Gasteiger partial charge < -0.3 is 4.90 Å². The molecule has 1 atom stereocenters. The minimum absolute atomic E-state index is 0.188. The molecule has 0 bridgehead atoms. The molecule has 1 aliphatic heterocycles. The van der Waals surface area contributed by atoms with Crippen LogP contribution in [0.15, 0.2) is 40.9 Å². The van der Waals surface area contributed by atoms with Crippen LogP contribution in [0.3, 0.4) is 0 Å². The first-order valence-electron chi connectivity index (χ1n) is 5.38. The van der Waals surface area contributed by atoms with E-state index in [1.165, 1.54) is 0 Å². The summed E-state index contributed by atoms with van der Waals surface area (Å²) in [5, 5.41) is 0. The number of rotatable bonds is 2. The average Bonchev–Trinajstić information content (AvgIpc) is 2.26. The Bertz CT molecular complexity index is 428. The Kier molecular flexibility index (Phi) is 3.44. The Labute approximate surface area is 104 Å². The highest BCUT2D eigenvalue weighted by Gasteiger charge is 2.21. The maximum Gasteiger partial charge on any atom is 0.227 e. The van der Waals surface area contributed by atoms with E-state index in [9.17, 15) is 4.79 Å². The summed E-state index contributed by atoms with van der Waals surface area (Å²) < 4.78 is 1.06. The van der Waals surface area contributed by atoms with Crippen LogP contribution >= 0.6 is 15.9 Å². The molecule has 0 radical (unpaired) electrons. The van der Waals surface area contributed by atoms with E-state index in [4.69, 9.17) is 0 Å². The predicted octanol–water partition coefficient (Wildman–Crippen LogP) is 3.13. The van der Waals surface area contributed by atoms with Crippen LogP contribution in [0, 0.1) is 0 Å². The highest BCUT2D eigenvalue weighted by Crippen LogP contribution is 2.21. The molecule has 84 valence electrons. The molecule has 1 heterocycles. The highest BCUT2D eigenvalue weighted by atomic mass is 79.9.